The van der Waals surface area contributed by atoms with E-state index in [0.29, 0.717) is 6.42 Å². The van der Waals surface area contributed by atoms with E-state index in [1.165, 1.54) is 0 Å². The van der Waals surface area contributed by atoms with Gasteiger partial charge in [0.2, 0.25) is 9.05 Å². The van der Waals surface area contributed by atoms with Crippen molar-refractivity contribution < 1.29 is 17.2 Å². The first-order chi connectivity index (χ1) is 5.62. The van der Waals surface area contributed by atoms with Crippen LogP contribution in [-0.4, -0.2) is 20.1 Å². The Kier molecular flexibility index (Phi) is 4.59. The maximum absolute atomic E-state index is 12.8. The van der Waals surface area contributed by atoms with Gasteiger partial charge in [0, 0.05) is 17.1 Å². The number of hydrogen-bond donors (Lipinski definition) is 0. The van der Waals surface area contributed by atoms with Crippen molar-refractivity contribution in [2.24, 2.45) is 5.92 Å². The molecule has 0 bridgehead atoms. The van der Waals surface area contributed by atoms with Crippen molar-refractivity contribution >= 4 is 19.7 Å². The molecule has 0 amide bonds. The van der Waals surface area contributed by atoms with Gasteiger partial charge in [-0.25, -0.2) is 17.2 Å². The SMILES string of the molecule is CC(C)CCC(F)(F)CS(=O)(=O)Cl. The van der Waals surface area contributed by atoms with Gasteiger partial charge < -0.3 is 0 Å². The Labute approximate surface area is 81.7 Å². The summed E-state index contributed by atoms with van der Waals surface area (Å²) in [5.41, 5.74) is 0. The summed E-state index contributed by atoms with van der Waals surface area (Å²) >= 11 is 0. The zero-order chi connectivity index (χ0) is 10.7. The smallest absolute Gasteiger partial charge is 0.212 e. The van der Waals surface area contributed by atoms with Crippen LogP contribution in [0.5, 0.6) is 0 Å². The molecule has 0 spiro atoms. The molecule has 0 aliphatic rings. The van der Waals surface area contributed by atoms with Gasteiger partial charge in [0.05, 0.1) is 0 Å². The largest absolute Gasteiger partial charge is 0.263 e. The van der Waals surface area contributed by atoms with Crippen LogP contribution in [0, 0.1) is 5.92 Å². The lowest BCUT2D eigenvalue weighted by molar-refractivity contribution is 0.0118. The van der Waals surface area contributed by atoms with E-state index in [2.05, 4.69) is 0 Å². The zero-order valence-corrected chi connectivity index (χ0v) is 9.13. The van der Waals surface area contributed by atoms with Crippen molar-refractivity contribution in [1.82, 2.24) is 0 Å². The summed E-state index contributed by atoms with van der Waals surface area (Å²) in [5.74, 6) is -4.34. The van der Waals surface area contributed by atoms with E-state index in [0.717, 1.165) is 0 Å². The third-order valence-corrected chi connectivity index (χ3v) is 2.57. The highest BCUT2D eigenvalue weighted by atomic mass is 35.7. The standard InChI is InChI=1S/C7H13ClF2O2S/c1-6(2)3-4-7(9,10)5-13(8,11)12/h6H,3-5H2,1-2H3. The van der Waals surface area contributed by atoms with Gasteiger partial charge in [-0.1, -0.05) is 13.8 Å². The molecule has 0 aromatic carbocycles. The van der Waals surface area contributed by atoms with Crippen LogP contribution < -0.4 is 0 Å². The second kappa shape index (κ2) is 4.55. The highest BCUT2D eigenvalue weighted by Crippen LogP contribution is 2.25. The number of hydrogen-bond acceptors (Lipinski definition) is 2. The highest BCUT2D eigenvalue weighted by Gasteiger charge is 2.34. The van der Waals surface area contributed by atoms with E-state index in [1.54, 1.807) is 13.8 Å². The number of halogens is 3. The molecule has 0 fully saturated rings. The topological polar surface area (TPSA) is 34.1 Å². The lowest BCUT2D eigenvalue weighted by Gasteiger charge is -2.15. The molecule has 0 rings (SSSR count). The quantitative estimate of drug-likeness (QED) is 0.686. The third-order valence-electron chi connectivity index (χ3n) is 1.47. The molecule has 0 aromatic rings. The maximum atomic E-state index is 12.8. The van der Waals surface area contributed by atoms with Crippen LogP contribution in [0.4, 0.5) is 8.78 Å². The van der Waals surface area contributed by atoms with Crippen LogP contribution in [-0.2, 0) is 9.05 Å². The van der Waals surface area contributed by atoms with Gasteiger partial charge in [-0.05, 0) is 12.3 Å². The molecular formula is C7H13ClF2O2S. The van der Waals surface area contributed by atoms with Crippen LogP contribution in [0.2, 0.25) is 0 Å². The molecule has 0 aromatic heterocycles. The molecule has 0 atom stereocenters. The van der Waals surface area contributed by atoms with Crippen LogP contribution >= 0.6 is 10.7 Å². The van der Waals surface area contributed by atoms with Crippen LogP contribution in [0.25, 0.3) is 0 Å². The average molecular weight is 235 g/mol. The summed E-state index contributed by atoms with van der Waals surface area (Å²) in [5, 5.41) is 0. The Morgan fingerprint density at radius 1 is 1.38 bits per heavy atom. The minimum atomic E-state index is -4.11. The second-order valence-corrected chi connectivity index (χ2v) is 6.25. The lowest BCUT2D eigenvalue weighted by Crippen LogP contribution is -2.25. The average Bonchev–Trinajstić information content (AvgIpc) is 1.78. The van der Waals surface area contributed by atoms with Crippen molar-refractivity contribution in [2.75, 3.05) is 5.75 Å². The molecule has 0 unspecified atom stereocenters. The summed E-state index contributed by atoms with van der Waals surface area (Å²) in [6.07, 6.45) is -0.143. The number of alkyl halides is 2. The van der Waals surface area contributed by atoms with E-state index in [4.69, 9.17) is 10.7 Å². The Balaban J connectivity index is 4.09. The van der Waals surface area contributed by atoms with E-state index >= 15 is 0 Å². The molecular weight excluding hydrogens is 222 g/mol. The molecule has 0 saturated heterocycles. The van der Waals surface area contributed by atoms with E-state index in [1.807, 2.05) is 0 Å². The van der Waals surface area contributed by atoms with Crippen molar-refractivity contribution in [2.45, 2.75) is 32.6 Å². The zero-order valence-electron chi connectivity index (χ0n) is 7.56. The minimum absolute atomic E-state index is 0.129. The normalized spacial score (nSPS) is 13.7. The Bertz CT molecular complexity index is 249. The van der Waals surface area contributed by atoms with Gasteiger partial charge in [0.25, 0.3) is 5.92 Å². The lowest BCUT2D eigenvalue weighted by atomic mass is 10.1. The summed E-state index contributed by atoms with van der Waals surface area (Å²) < 4.78 is 46.4. The summed E-state index contributed by atoms with van der Waals surface area (Å²) in [6, 6.07) is 0. The Hall–Kier alpha value is 0.1000. The Morgan fingerprint density at radius 3 is 2.15 bits per heavy atom. The summed E-state index contributed by atoms with van der Waals surface area (Å²) in [4.78, 5) is 0. The van der Waals surface area contributed by atoms with Gasteiger partial charge in [0.15, 0.2) is 0 Å². The van der Waals surface area contributed by atoms with Crippen LogP contribution in [0.1, 0.15) is 26.7 Å². The number of rotatable bonds is 5. The molecule has 0 saturated carbocycles. The van der Waals surface area contributed by atoms with Gasteiger partial charge in [-0.15, -0.1) is 0 Å². The minimum Gasteiger partial charge on any atom is -0.212 e. The van der Waals surface area contributed by atoms with Crippen molar-refractivity contribution in [3.63, 3.8) is 0 Å². The first-order valence-electron chi connectivity index (χ1n) is 3.92. The first-order valence-corrected chi connectivity index (χ1v) is 6.40. The molecule has 2 nitrogen and oxygen atoms in total. The van der Waals surface area contributed by atoms with Crippen molar-refractivity contribution in [1.29, 1.82) is 0 Å². The van der Waals surface area contributed by atoms with E-state index in [-0.39, 0.29) is 5.92 Å². The van der Waals surface area contributed by atoms with Crippen LogP contribution in [0.3, 0.4) is 0 Å². The fraction of sp³-hybridized carbons (Fsp3) is 1.00. The van der Waals surface area contributed by atoms with Crippen molar-refractivity contribution in [3.05, 3.63) is 0 Å². The van der Waals surface area contributed by atoms with Gasteiger partial charge >= 0.3 is 0 Å². The maximum Gasteiger partial charge on any atom is 0.263 e. The van der Waals surface area contributed by atoms with E-state index < -0.39 is 27.1 Å². The van der Waals surface area contributed by atoms with Gasteiger partial charge in [0.1, 0.15) is 5.75 Å². The monoisotopic (exact) mass is 234 g/mol. The van der Waals surface area contributed by atoms with Crippen LogP contribution in [0.15, 0.2) is 0 Å². The fourth-order valence-corrected chi connectivity index (χ4v) is 1.95. The predicted octanol–water partition coefficient (Wildman–Crippen LogP) is 2.63. The van der Waals surface area contributed by atoms with E-state index in [9.17, 15) is 17.2 Å². The molecule has 0 N–H and O–H groups in total. The van der Waals surface area contributed by atoms with Gasteiger partial charge in [-0.3, -0.25) is 0 Å². The molecule has 0 radical (unpaired) electrons. The highest BCUT2D eigenvalue weighted by molar-refractivity contribution is 8.13. The fourth-order valence-electron chi connectivity index (χ4n) is 0.824. The molecule has 80 valence electrons. The first kappa shape index (κ1) is 13.1. The molecule has 0 heterocycles. The predicted molar refractivity (Wildman–Crippen MR) is 48.7 cm³/mol. The van der Waals surface area contributed by atoms with Crippen molar-refractivity contribution in [3.8, 4) is 0 Å². The summed E-state index contributed by atoms with van der Waals surface area (Å²) in [6.45, 7) is 3.59. The summed E-state index contributed by atoms with van der Waals surface area (Å²) in [7, 11) is 0.618. The molecule has 0 aliphatic carbocycles. The second-order valence-electron chi connectivity index (χ2n) is 3.47. The molecule has 0 aliphatic heterocycles. The van der Waals surface area contributed by atoms with Gasteiger partial charge in [-0.2, -0.15) is 0 Å². The molecule has 6 heteroatoms. The molecule has 13 heavy (non-hydrogen) atoms. The third kappa shape index (κ3) is 8.43. The Morgan fingerprint density at radius 2 is 1.85 bits per heavy atom.